The van der Waals surface area contributed by atoms with Crippen LogP contribution in [-0.2, 0) is 0 Å². The number of aryl methyl sites for hydroxylation is 1. The van der Waals surface area contributed by atoms with Gasteiger partial charge < -0.3 is 14.9 Å². The summed E-state index contributed by atoms with van der Waals surface area (Å²) in [5, 5.41) is 20.7. The quantitative estimate of drug-likeness (QED) is 0.846. The van der Waals surface area contributed by atoms with Crippen molar-refractivity contribution in [2.45, 2.75) is 25.5 Å². The van der Waals surface area contributed by atoms with E-state index in [1.807, 2.05) is 12.3 Å². The molecule has 2 aromatic heterocycles. The fraction of sp³-hybridized carbons (Fsp3) is 0.455. The average molecular weight is 251 g/mol. The number of aromatic nitrogens is 2. The van der Waals surface area contributed by atoms with Crippen LogP contribution in [0.15, 0.2) is 15.3 Å². The first kappa shape index (κ1) is 10.9. The fourth-order valence-corrected chi connectivity index (χ4v) is 2.81. The van der Waals surface area contributed by atoms with Crippen molar-refractivity contribution >= 4 is 11.3 Å². The minimum atomic E-state index is -0.321. The number of nitrogens with zero attached hydrogens (tertiary/aromatic N) is 2. The molecule has 6 heteroatoms. The van der Waals surface area contributed by atoms with E-state index in [2.05, 4.69) is 20.8 Å². The highest BCUT2D eigenvalue weighted by Crippen LogP contribution is 2.27. The summed E-state index contributed by atoms with van der Waals surface area (Å²) < 4.78 is 5.25. The lowest BCUT2D eigenvalue weighted by molar-refractivity contribution is 0.191. The summed E-state index contributed by atoms with van der Waals surface area (Å²) in [6, 6.07) is -0.0230. The number of hydrogen-bond acceptors (Lipinski definition) is 6. The maximum atomic E-state index is 9.45. The van der Waals surface area contributed by atoms with Gasteiger partial charge in [-0.2, -0.15) is 16.3 Å². The second-order valence-electron chi connectivity index (χ2n) is 4.28. The molecule has 1 saturated heterocycles. The summed E-state index contributed by atoms with van der Waals surface area (Å²) in [6.45, 7) is 2.61. The van der Waals surface area contributed by atoms with Gasteiger partial charge in [-0.1, -0.05) is 5.16 Å². The second-order valence-corrected chi connectivity index (χ2v) is 5.02. The number of nitrogens with one attached hydrogen (secondary N) is 1. The highest BCUT2D eigenvalue weighted by atomic mass is 32.1. The Bertz CT molecular complexity index is 522. The number of β-amino-alcohol motifs (C(OH)–C–C–N with tert-alkyl or cyclic N) is 1. The third kappa shape index (κ3) is 1.99. The van der Waals surface area contributed by atoms with Crippen LogP contribution in [0, 0.1) is 6.92 Å². The van der Waals surface area contributed by atoms with Crippen LogP contribution in [0.3, 0.4) is 0 Å². The van der Waals surface area contributed by atoms with Crippen LogP contribution in [0.4, 0.5) is 0 Å². The van der Waals surface area contributed by atoms with Gasteiger partial charge in [0.2, 0.25) is 11.7 Å². The molecule has 0 saturated carbocycles. The maximum Gasteiger partial charge on any atom is 0.244 e. The zero-order valence-corrected chi connectivity index (χ0v) is 10.2. The molecule has 0 aromatic carbocycles. The third-order valence-electron chi connectivity index (χ3n) is 2.94. The lowest BCUT2D eigenvalue weighted by Gasteiger charge is -2.01. The summed E-state index contributed by atoms with van der Waals surface area (Å²) in [4.78, 5) is 4.39. The van der Waals surface area contributed by atoms with E-state index in [0.29, 0.717) is 24.7 Å². The predicted molar refractivity (Wildman–Crippen MR) is 63.7 cm³/mol. The average Bonchev–Trinajstić information content (AvgIpc) is 2.97. The normalized spacial score (nSPS) is 24.4. The van der Waals surface area contributed by atoms with E-state index in [1.165, 1.54) is 0 Å². The smallest absolute Gasteiger partial charge is 0.244 e. The van der Waals surface area contributed by atoms with Crippen LogP contribution in [0.1, 0.15) is 23.9 Å². The summed E-state index contributed by atoms with van der Waals surface area (Å²) in [6.07, 6.45) is 0.308. The molecule has 3 rings (SSSR count). The number of aliphatic hydroxyl groups is 1. The van der Waals surface area contributed by atoms with Crippen molar-refractivity contribution in [3.05, 3.63) is 22.2 Å². The molecular weight excluding hydrogens is 238 g/mol. The number of thiophene rings is 1. The monoisotopic (exact) mass is 251 g/mol. The number of hydrogen-bond donors (Lipinski definition) is 2. The van der Waals surface area contributed by atoms with Crippen LogP contribution in [0.5, 0.6) is 0 Å². The molecule has 0 amide bonds. The van der Waals surface area contributed by atoms with Crippen molar-refractivity contribution < 1.29 is 9.63 Å². The number of rotatable bonds is 2. The van der Waals surface area contributed by atoms with Gasteiger partial charge in [-0.3, -0.25) is 0 Å². The molecule has 0 radical (unpaired) electrons. The van der Waals surface area contributed by atoms with Crippen LogP contribution >= 0.6 is 11.3 Å². The van der Waals surface area contributed by atoms with E-state index in [1.54, 1.807) is 11.3 Å². The molecule has 0 spiro atoms. The van der Waals surface area contributed by atoms with E-state index in [9.17, 15) is 5.11 Å². The molecule has 0 aliphatic carbocycles. The zero-order chi connectivity index (χ0) is 11.8. The first-order chi connectivity index (χ1) is 8.24. The molecule has 2 aromatic rings. The van der Waals surface area contributed by atoms with Crippen LogP contribution in [-0.4, -0.2) is 27.9 Å². The van der Waals surface area contributed by atoms with Crippen molar-refractivity contribution in [3.63, 3.8) is 0 Å². The molecule has 0 bridgehead atoms. The first-order valence-corrected chi connectivity index (χ1v) is 6.46. The Kier molecular flexibility index (Phi) is 2.70. The van der Waals surface area contributed by atoms with Gasteiger partial charge in [0.25, 0.3) is 0 Å². The fourth-order valence-electron chi connectivity index (χ4n) is 1.98. The summed E-state index contributed by atoms with van der Waals surface area (Å²) in [7, 11) is 0. The van der Waals surface area contributed by atoms with Crippen molar-refractivity contribution in [3.8, 4) is 11.4 Å². The van der Waals surface area contributed by atoms with Gasteiger partial charge in [0, 0.05) is 17.5 Å². The third-order valence-corrected chi connectivity index (χ3v) is 3.81. The van der Waals surface area contributed by atoms with E-state index in [4.69, 9.17) is 4.52 Å². The molecule has 2 atom stereocenters. The molecular formula is C11H13N3O2S. The summed E-state index contributed by atoms with van der Waals surface area (Å²) in [5.74, 6) is 1.18. The lowest BCUT2D eigenvalue weighted by atomic mass is 10.2. The van der Waals surface area contributed by atoms with Crippen molar-refractivity contribution in [1.82, 2.24) is 15.5 Å². The standard InChI is InChI=1S/C11H13N3O2S/c1-6-4-17-5-8(6)10-13-11(16-14-10)9-2-7(15)3-12-9/h4-5,7,9,12,15H,2-3H2,1H3/t7-,9+/m0/s1. The van der Waals surface area contributed by atoms with E-state index in [0.717, 1.165) is 11.1 Å². The maximum absolute atomic E-state index is 9.45. The van der Waals surface area contributed by atoms with Crippen LogP contribution in [0.25, 0.3) is 11.4 Å². The molecule has 0 unspecified atom stereocenters. The van der Waals surface area contributed by atoms with Crippen molar-refractivity contribution in [2.75, 3.05) is 6.54 Å². The van der Waals surface area contributed by atoms with Gasteiger partial charge in [0.1, 0.15) is 0 Å². The van der Waals surface area contributed by atoms with Crippen molar-refractivity contribution in [1.29, 1.82) is 0 Å². The highest BCUT2D eigenvalue weighted by molar-refractivity contribution is 7.08. The zero-order valence-electron chi connectivity index (χ0n) is 9.38. The Morgan fingerprint density at radius 1 is 1.53 bits per heavy atom. The minimum absolute atomic E-state index is 0.0230. The SMILES string of the molecule is Cc1cscc1-c1noc([C@H]2C[C@H](O)CN2)n1. The number of aliphatic hydroxyl groups excluding tert-OH is 1. The van der Waals surface area contributed by atoms with Gasteiger partial charge in [-0.05, 0) is 24.3 Å². The first-order valence-electron chi connectivity index (χ1n) is 5.52. The Hall–Kier alpha value is -1.24. The molecule has 1 fully saturated rings. The summed E-state index contributed by atoms with van der Waals surface area (Å²) in [5.41, 5.74) is 2.17. The van der Waals surface area contributed by atoms with Gasteiger partial charge in [-0.15, -0.1) is 0 Å². The van der Waals surface area contributed by atoms with Gasteiger partial charge in [0.15, 0.2) is 0 Å². The molecule has 17 heavy (non-hydrogen) atoms. The van der Waals surface area contributed by atoms with Crippen molar-refractivity contribution in [2.24, 2.45) is 0 Å². The molecule has 2 N–H and O–H groups in total. The molecule has 1 aliphatic rings. The van der Waals surface area contributed by atoms with Gasteiger partial charge >= 0.3 is 0 Å². The lowest BCUT2D eigenvalue weighted by Crippen LogP contribution is -2.15. The Morgan fingerprint density at radius 3 is 3.06 bits per heavy atom. The van der Waals surface area contributed by atoms with Crippen LogP contribution < -0.4 is 5.32 Å². The van der Waals surface area contributed by atoms with E-state index in [-0.39, 0.29) is 12.1 Å². The Labute approximate surface area is 102 Å². The van der Waals surface area contributed by atoms with E-state index < -0.39 is 0 Å². The molecule has 90 valence electrons. The summed E-state index contributed by atoms with van der Waals surface area (Å²) >= 11 is 1.63. The van der Waals surface area contributed by atoms with Gasteiger partial charge in [-0.25, -0.2) is 0 Å². The minimum Gasteiger partial charge on any atom is -0.392 e. The highest BCUT2D eigenvalue weighted by Gasteiger charge is 2.28. The topological polar surface area (TPSA) is 71.2 Å². The molecule has 1 aliphatic heterocycles. The van der Waals surface area contributed by atoms with E-state index >= 15 is 0 Å². The Balaban J connectivity index is 1.86. The van der Waals surface area contributed by atoms with Crippen LogP contribution in [0.2, 0.25) is 0 Å². The second kappa shape index (κ2) is 4.21. The molecule has 3 heterocycles. The largest absolute Gasteiger partial charge is 0.392 e. The molecule has 5 nitrogen and oxygen atoms in total. The van der Waals surface area contributed by atoms with Gasteiger partial charge in [0.05, 0.1) is 12.1 Å². The Morgan fingerprint density at radius 2 is 2.41 bits per heavy atom. The predicted octanol–water partition coefficient (Wildman–Crippen LogP) is 1.50.